The summed E-state index contributed by atoms with van der Waals surface area (Å²) in [6.07, 6.45) is 0.844. The van der Waals surface area contributed by atoms with Crippen LogP contribution in [-0.2, 0) is 9.84 Å². The fourth-order valence-electron chi connectivity index (χ4n) is 0.616. The lowest BCUT2D eigenvalue weighted by molar-refractivity contribution is 0.595. The third kappa shape index (κ3) is 1.68. The second-order valence-corrected chi connectivity index (χ2v) is 3.87. The van der Waals surface area contributed by atoms with Crippen molar-refractivity contribution in [1.82, 2.24) is 4.98 Å². The van der Waals surface area contributed by atoms with Gasteiger partial charge in [0.05, 0.1) is 6.20 Å². The first-order valence-corrected chi connectivity index (χ1v) is 4.60. The van der Waals surface area contributed by atoms with Crippen molar-refractivity contribution in [3.8, 4) is 0 Å². The Hall–Kier alpha value is -1.23. The molecule has 0 spiro atoms. The molecule has 0 aromatic carbocycles. The Labute approximate surface area is 69.5 Å². The zero-order valence-electron chi connectivity index (χ0n) is 6.07. The molecule has 0 atom stereocenters. The molecule has 3 nitrogen and oxygen atoms in total. The molecule has 1 heterocycles. The van der Waals surface area contributed by atoms with Gasteiger partial charge in [0.2, 0.25) is 9.84 Å². The third-order valence-corrected chi connectivity index (χ3v) is 2.47. The lowest BCUT2D eigenvalue weighted by atomic mass is 10.5. The largest absolute Gasteiger partial charge is 0.241 e. The van der Waals surface area contributed by atoms with Crippen LogP contribution in [0.25, 0.3) is 0 Å². The van der Waals surface area contributed by atoms with Gasteiger partial charge in [-0.3, -0.25) is 0 Å². The smallest absolute Gasteiger partial charge is 0.216 e. The summed E-state index contributed by atoms with van der Waals surface area (Å²) >= 11 is 0. The van der Waals surface area contributed by atoms with Gasteiger partial charge in [0.25, 0.3) is 0 Å². The minimum Gasteiger partial charge on any atom is -0.241 e. The summed E-state index contributed by atoms with van der Waals surface area (Å²) in [5, 5.41) is 0.576. The van der Waals surface area contributed by atoms with Crippen LogP contribution in [0, 0.1) is 5.82 Å². The maximum Gasteiger partial charge on any atom is 0.216 e. The van der Waals surface area contributed by atoms with E-state index in [9.17, 15) is 12.8 Å². The maximum atomic E-state index is 12.3. The van der Waals surface area contributed by atoms with E-state index < -0.39 is 15.7 Å². The van der Waals surface area contributed by atoms with Crippen molar-refractivity contribution in [3.63, 3.8) is 0 Å². The summed E-state index contributed by atoms with van der Waals surface area (Å²) in [4.78, 5) is 3.39. The highest BCUT2D eigenvalue weighted by Crippen LogP contribution is 2.07. The van der Waals surface area contributed by atoms with E-state index in [2.05, 4.69) is 11.6 Å². The molecule has 64 valence electrons. The Bertz CT molecular complexity index is 382. The van der Waals surface area contributed by atoms with Gasteiger partial charge in [0.1, 0.15) is 5.82 Å². The molecule has 1 aromatic heterocycles. The van der Waals surface area contributed by atoms with Crippen LogP contribution in [-0.4, -0.2) is 13.4 Å². The first kappa shape index (κ1) is 8.86. The Morgan fingerprint density at radius 2 is 2.17 bits per heavy atom. The summed E-state index contributed by atoms with van der Waals surface area (Å²) < 4.78 is 34.3. The van der Waals surface area contributed by atoms with Crippen molar-refractivity contribution < 1.29 is 12.8 Å². The molecule has 0 saturated carbocycles. The van der Waals surface area contributed by atoms with Crippen LogP contribution in [0.1, 0.15) is 0 Å². The van der Waals surface area contributed by atoms with Crippen molar-refractivity contribution in [3.05, 3.63) is 36.1 Å². The van der Waals surface area contributed by atoms with Crippen LogP contribution >= 0.6 is 0 Å². The van der Waals surface area contributed by atoms with E-state index in [1.54, 1.807) is 0 Å². The number of rotatable bonds is 2. The molecule has 0 bridgehead atoms. The maximum absolute atomic E-state index is 12.3. The zero-order chi connectivity index (χ0) is 9.19. The van der Waals surface area contributed by atoms with Crippen LogP contribution in [0.5, 0.6) is 0 Å². The molecular weight excluding hydrogens is 181 g/mol. The van der Waals surface area contributed by atoms with Gasteiger partial charge in [-0.1, -0.05) is 6.58 Å². The van der Waals surface area contributed by atoms with Crippen molar-refractivity contribution in [2.75, 3.05) is 0 Å². The first-order chi connectivity index (χ1) is 5.56. The van der Waals surface area contributed by atoms with Gasteiger partial charge in [-0.25, -0.2) is 17.8 Å². The Kier molecular flexibility index (Phi) is 2.23. The van der Waals surface area contributed by atoms with Crippen LogP contribution in [0.3, 0.4) is 0 Å². The summed E-state index contributed by atoms with van der Waals surface area (Å²) in [6.45, 7) is 3.11. The van der Waals surface area contributed by atoms with E-state index in [0.29, 0.717) is 0 Å². The van der Waals surface area contributed by atoms with Gasteiger partial charge in [-0.15, -0.1) is 0 Å². The molecule has 0 unspecified atom stereocenters. The number of halogens is 1. The molecule has 12 heavy (non-hydrogen) atoms. The molecule has 0 aliphatic carbocycles. The quantitative estimate of drug-likeness (QED) is 0.697. The first-order valence-electron chi connectivity index (χ1n) is 3.05. The number of nitrogens with zero attached hydrogens (tertiary/aromatic N) is 1. The van der Waals surface area contributed by atoms with Gasteiger partial charge in [0.15, 0.2) is 5.03 Å². The summed E-state index contributed by atoms with van der Waals surface area (Å²) in [7, 11) is -3.53. The fraction of sp³-hybridized carbons (Fsp3) is 0. The molecule has 1 aromatic rings. The highest BCUT2D eigenvalue weighted by Gasteiger charge is 2.09. The second-order valence-electron chi connectivity index (χ2n) is 2.03. The number of pyridine rings is 1. The van der Waals surface area contributed by atoms with Gasteiger partial charge in [0, 0.05) is 5.41 Å². The molecular formula is C7H6FNO2S. The van der Waals surface area contributed by atoms with E-state index in [4.69, 9.17) is 0 Å². The second kappa shape index (κ2) is 3.02. The van der Waals surface area contributed by atoms with Gasteiger partial charge >= 0.3 is 0 Å². The third-order valence-electron chi connectivity index (χ3n) is 1.21. The molecule has 0 fully saturated rings. The van der Waals surface area contributed by atoms with Crippen LogP contribution in [0.15, 0.2) is 35.3 Å². The number of hydrogen-bond acceptors (Lipinski definition) is 3. The van der Waals surface area contributed by atoms with Gasteiger partial charge in [-0.05, 0) is 12.1 Å². The predicted octanol–water partition coefficient (Wildman–Crippen LogP) is 1.14. The SMILES string of the molecule is C=CS(=O)(=O)c1ccc(F)cn1. The topological polar surface area (TPSA) is 47.0 Å². The molecule has 0 aliphatic heterocycles. The molecule has 0 amide bonds. The monoisotopic (exact) mass is 187 g/mol. The molecule has 0 saturated heterocycles. The number of hydrogen-bond donors (Lipinski definition) is 0. The normalized spacial score (nSPS) is 11.1. The number of aromatic nitrogens is 1. The van der Waals surface area contributed by atoms with E-state index in [1.807, 2.05) is 0 Å². The zero-order valence-corrected chi connectivity index (χ0v) is 6.88. The average Bonchev–Trinajstić information content (AvgIpc) is 2.05. The van der Waals surface area contributed by atoms with Crippen molar-refractivity contribution >= 4 is 9.84 Å². The highest BCUT2D eigenvalue weighted by atomic mass is 32.2. The molecule has 0 N–H and O–H groups in total. The highest BCUT2D eigenvalue weighted by molar-refractivity contribution is 7.94. The summed E-state index contributed by atoms with van der Waals surface area (Å²) in [6, 6.07) is 2.12. The fourth-order valence-corrected chi connectivity index (χ4v) is 1.24. The van der Waals surface area contributed by atoms with Crippen molar-refractivity contribution in [2.45, 2.75) is 5.03 Å². The summed E-state index contributed by atoms with van der Waals surface area (Å²) in [5.74, 6) is -0.571. The Morgan fingerprint density at radius 3 is 2.58 bits per heavy atom. The molecule has 1 rings (SSSR count). The number of sulfone groups is 1. The van der Waals surface area contributed by atoms with Crippen molar-refractivity contribution in [2.24, 2.45) is 0 Å². The van der Waals surface area contributed by atoms with E-state index in [-0.39, 0.29) is 5.03 Å². The lowest BCUT2D eigenvalue weighted by Crippen LogP contribution is -1.98. The van der Waals surface area contributed by atoms with Gasteiger partial charge in [-0.2, -0.15) is 0 Å². The van der Waals surface area contributed by atoms with Crippen LogP contribution < -0.4 is 0 Å². The van der Waals surface area contributed by atoms with Crippen molar-refractivity contribution in [1.29, 1.82) is 0 Å². The molecule has 0 aliphatic rings. The Balaban J connectivity index is 3.23. The minimum atomic E-state index is -3.53. The Morgan fingerprint density at radius 1 is 1.50 bits per heavy atom. The average molecular weight is 187 g/mol. The van der Waals surface area contributed by atoms with E-state index >= 15 is 0 Å². The van der Waals surface area contributed by atoms with E-state index in [0.717, 1.165) is 23.7 Å². The standard InChI is InChI=1S/C7H6FNO2S/c1-2-12(10,11)7-4-3-6(8)5-9-7/h2-5H,1H2. The minimum absolute atomic E-state index is 0.195. The molecule has 5 heteroatoms. The van der Waals surface area contributed by atoms with Crippen LogP contribution in [0.2, 0.25) is 0 Å². The van der Waals surface area contributed by atoms with Gasteiger partial charge < -0.3 is 0 Å². The lowest BCUT2D eigenvalue weighted by Gasteiger charge is -1.95. The summed E-state index contributed by atoms with van der Waals surface area (Å²) in [5.41, 5.74) is 0. The van der Waals surface area contributed by atoms with Crippen LogP contribution in [0.4, 0.5) is 4.39 Å². The molecule has 0 radical (unpaired) electrons. The predicted molar refractivity (Wildman–Crippen MR) is 41.6 cm³/mol. The van der Waals surface area contributed by atoms with E-state index in [1.165, 1.54) is 0 Å².